The Labute approximate surface area is 143 Å². The number of ether oxygens (including phenoxy) is 2. The number of allylic oxidation sites excluding steroid dienone is 3. The van der Waals surface area contributed by atoms with Crippen molar-refractivity contribution in [2.75, 3.05) is 6.61 Å². The number of carbonyl (C=O) groups excluding carboxylic acids is 1. The largest absolute Gasteiger partial charge is 0.493 e. The summed E-state index contributed by atoms with van der Waals surface area (Å²) in [5.74, 6) is 0.741. The van der Waals surface area contributed by atoms with E-state index in [0.29, 0.717) is 17.9 Å². The Morgan fingerprint density at radius 1 is 1.38 bits per heavy atom. The van der Waals surface area contributed by atoms with E-state index in [-0.39, 0.29) is 17.8 Å². The van der Waals surface area contributed by atoms with Crippen LogP contribution in [0.1, 0.15) is 52.7 Å². The average molecular weight is 332 g/mol. The quantitative estimate of drug-likeness (QED) is 0.549. The monoisotopic (exact) mass is 332 g/mol. The SMILES string of the molecule is CCOc1cc2c(cc1C(C)=C(F)C=O)C(C(C)C)=CC(C)(C)O2. The third-order valence-corrected chi connectivity index (χ3v) is 4.06. The molecule has 0 N–H and O–H groups in total. The van der Waals surface area contributed by atoms with Crippen molar-refractivity contribution in [3.05, 3.63) is 35.2 Å². The highest BCUT2D eigenvalue weighted by Gasteiger charge is 2.29. The Morgan fingerprint density at radius 3 is 2.58 bits per heavy atom. The van der Waals surface area contributed by atoms with Crippen molar-refractivity contribution in [1.82, 2.24) is 0 Å². The van der Waals surface area contributed by atoms with Crippen LogP contribution in [0, 0.1) is 5.92 Å². The molecule has 0 aromatic heterocycles. The molecule has 4 heteroatoms. The van der Waals surface area contributed by atoms with Gasteiger partial charge in [-0.3, -0.25) is 4.79 Å². The van der Waals surface area contributed by atoms with Crippen molar-refractivity contribution in [2.24, 2.45) is 5.92 Å². The maximum atomic E-state index is 13.9. The predicted molar refractivity (Wildman–Crippen MR) is 94.9 cm³/mol. The molecule has 0 atom stereocenters. The van der Waals surface area contributed by atoms with Gasteiger partial charge >= 0.3 is 0 Å². The molecule has 2 rings (SSSR count). The van der Waals surface area contributed by atoms with Crippen LogP contribution in [0.2, 0.25) is 0 Å². The van der Waals surface area contributed by atoms with Gasteiger partial charge in [-0.1, -0.05) is 13.8 Å². The molecule has 3 nitrogen and oxygen atoms in total. The molecule has 0 fully saturated rings. The van der Waals surface area contributed by atoms with Crippen molar-refractivity contribution < 1.29 is 18.7 Å². The van der Waals surface area contributed by atoms with Gasteiger partial charge in [0.1, 0.15) is 17.1 Å². The summed E-state index contributed by atoms with van der Waals surface area (Å²) in [5, 5.41) is 0. The van der Waals surface area contributed by atoms with Crippen molar-refractivity contribution in [3.8, 4) is 11.5 Å². The second-order valence-electron chi connectivity index (χ2n) is 6.83. The molecule has 24 heavy (non-hydrogen) atoms. The average Bonchev–Trinajstić information content (AvgIpc) is 2.51. The molecule has 0 saturated carbocycles. The number of hydrogen-bond acceptors (Lipinski definition) is 3. The van der Waals surface area contributed by atoms with Gasteiger partial charge in [-0.25, -0.2) is 4.39 Å². The molecule has 0 amide bonds. The smallest absolute Gasteiger partial charge is 0.178 e. The van der Waals surface area contributed by atoms with Gasteiger partial charge in [0, 0.05) is 17.2 Å². The summed E-state index contributed by atoms with van der Waals surface area (Å²) in [6.07, 6.45) is 2.32. The minimum atomic E-state index is -0.789. The van der Waals surface area contributed by atoms with Crippen LogP contribution in [0.3, 0.4) is 0 Å². The first-order chi connectivity index (χ1) is 11.2. The summed E-state index contributed by atoms with van der Waals surface area (Å²) < 4.78 is 25.6. The Kier molecular flexibility index (Phi) is 5.16. The third kappa shape index (κ3) is 3.53. The summed E-state index contributed by atoms with van der Waals surface area (Å²) in [6, 6.07) is 3.66. The molecule has 0 spiro atoms. The molecular weight excluding hydrogens is 307 g/mol. The summed E-state index contributed by atoms with van der Waals surface area (Å²) in [7, 11) is 0. The third-order valence-electron chi connectivity index (χ3n) is 4.06. The first-order valence-corrected chi connectivity index (χ1v) is 8.25. The fourth-order valence-corrected chi connectivity index (χ4v) is 2.90. The van der Waals surface area contributed by atoms with E-state index in [2.05, 4.69) is 19.9 Å². The van der Waals surface area contributed by atoms with E-state index in [1.54, 1.807) is 13.0 Å². The number of benzene rings is 1. The number of rotatable bonds is 5. The minimum absolute atomic E-state index is 0.226. The van der Waals surface area contributed by atoms with Gasteiger partial charge in [0.2, 0.25) is 0 Å². The van der Waals surface area contributed by atoms with Crippen LogP contribution >= 0.6 is 0 Å². The summed E-state index contributed by atoms with van der Waals surface area (Å²) in [4.78, 5) is 10.8. The lowest BCUT2D eigenvalue weighted by Gasteiger charge is -2.33. The molecule has 1 aromatic rings. The zero-order chi connectivity index (χ0) is 18.1. The Hall–Kier alpha value is -2.10. The van der Waals surface area contributed by atoms with E-state index >= 15 is 0 Å². The van der Waals surface area contributed by atoms with E-state index in [4.69, 9.17) is 9.47 Å². The normalized spacial score (nSPS) is 16.8. The van der Waals surface area contributed by atoms with E-state index in [1.165, 1.54) is 0 Å². The molecule has 1 heterocycles. The molecule has 1 aliphatic heterocycles. The van der Waals surface area contributed by atoms with Crippen molar-refractivity contribution in [2.45, 2.75) is 47.1 Å². The van der Waals surface area contributed by atoms with Gasteiger partial charge in [0.25, 0.3) is 0 Å². The van der Waals surface area contributed by atoms with Crippen LogP contribution in [0.5, 0.6) is 11.5 Å². The minimum Gasteiger partial charge on any atom is -0.493 e. The van der Waals surface area contributed by atoms with Crippen molar-refractivity contribution >= 4 is 17.4 Å². The highest BCUT2D eigenvalue weighted by atomic mass is 19.1. The maximum Gasteiger partial charge on any atom is 0.178 e. The Morgan fingerprint density at radius 2 is 2.04 bits per heavy atom. The van der Waals surface area contributed by atoms with Gasteiger partial charge in [0.15, 0.2) is 12.1 Å². The van der Waals surface area contributed by atoms with Crippen LogP contribution in [0.4, 0.5) is 4.39 Å². The summed E-state index contributed by atoms with van der Waals surface area (Å²) >= 11 is 0. The Balaban J connectivity index is 2.73. The van der Waals surface area contributed by atoms with E-state index in [0.717, 1.165) is 16.9 Å². The number of aldehydes is 1. The molecule has 0 radical (unpaired) electrons. The zero-order valence-corrected chi connectivity index (χ0v) is 15.2. The van der Waals surface area contributed by atoms with Crippen LogP contribution in [-0.2, 0) is 4.79 Å². The molecule has 1 aliphatic rings. The molecule has 0 bridgehead atoms. The number of halogens is 1. The Bertz CT molecular complexity index is 712. The van der Waals surface area contributed by atoms with E-state index in [9.17, 15) is 9.18 Å². The van der Waals surface area contributed by atoms with Gasteiger partial charge < -0.3 is 9.47 Å². The fourth-order valence-electron chi connectivity index (χ4n) is 2.90. The maximum absolute atomic E-state index is 13.9. The van der Waals surface area contributed by atoms with Gasteiger partial charge in [-0.2, -0.15) is 0 Å². The number of fused-ring (bicyclic) bond motifs is 1. The number of hydrogen-bond donors (Lipinski definition) is 0. The molecular formula is C20H25FO3. The fraction of sp³-hybridized carbons (Fsp3) is 0.450. The first-order valence-electron chi connectivity index (χ1n) is 8.25. The lowest BCUT2D eigenvalue weighted by Crippen LogP contribution is -2.29. The predicted octanol–water partition coefficient (Wildman–Crippen LogP) is 5.20. The second kappa shape index (κ2) is 6.80. The highest BCUT2D eigenvalue weighted by Crippen LogP contribution is 2.44. The van der Waals surface area contributed by atoms with Gasteiger partial charge in [-0.05, 0) is 56.9 Å². The molecule has 0 saturated heterocycles. The zero-order valence-electron chi connectivity index (χ0n) is 15.2. The summed E-state index contributed by atoms with van der Waals surface area (Å²) in [5.41, 5.74) is 2.49. The second-order valence-corrected chi connectivity index (χ2v) is 6.83. The topological polar surface area (TPSA) is 35.5 Å². The van der Waals surface area contributed by atoms with Gasteiger partial charge in [0.05, 0.1) is 6.61 Å². The first kappa shape index (κ1) is 18.2. The van der Waals surface area contributed by atoms with E-state index in [1.807, 2.05) is 26.8 Å². The molecule has 130 valence electrons. The standard InChI is InChI=1S/C20H25FO3/c1-7-23-18-9-19-15(8-14(18)13(4)17(21)11-22)16(12(2)3)10-20(5,6)24-19/h8-12H,7H2,1-6H3. The summed E-state index contributed by atoms with van der Waals surface area (Å²) in [6.45, 7) is 12.1. The highest BCUT2D eigenvalue weighted by molar-refractivity contribution is 5.88. The van der Waals surface area contributed by atoms with Crippen LogP contribution in [0.25, 0.3) is 11.1 Å². The molecule has 0 unspecified atom stereocenters. The van der Waals surface area contributed by atoms with E-state index < -0.39 is 11.4 Å². The lowest BCUT2D eigenvalue weighted by atomic mass is 9.86. The lowest BCUT2D eigenvalue weighted by molar-refractivity contribution is -0.106. The van der Waals surface area contributed by atoms with Crippen LogP contribution in [-0.4, -0.2) is 18.5 Å². The number of carbonyl (C=O) groups is 1. The van der Waals surface area contributed by atoms with Crippen LogP contribution < -0.4 is 9.47 Å². The van der Waals surface area contributed by atoms with Crippen LogP contribution in [0.15, 0.2) is 24.0 Å². The van der Waals surface area contributed by atoms with Gasteiger partial charge in [-0.15, -0.1) is 0 Å². The molecule has 0 aliphatic carbocycles. The van der Waals surface area contributed by atoms with Crippen molar-refractivity contribution in [3.63, 3.8) is 0 Å². The molecule has 1 aromatic carbocycles. The van der Waals surface area contributed by atoms with Crippen molar-refractivity contribution in [1.29, 1.82) is 0 Å².